The Hall–Kier alpha value is -0.580. The lowest BCUT2D eigenvalue weighted by Crippen LogP contribution is -2.27. The fourth-order valence-corrected chi connectivity index (χ4v) is 1.86. The molecular weight excluding hydrogens is 235 g/mol. The summed E-state index contributed by atoms with van der Waals surface area (Å²) >= 11 is 5.86. The highest BCUT2D eigenvalue weighted by Crippen LogP contribution is 2.17. The second kappa shape index (κ2) is 4.96. The summed E-state index contributed by atoms with van der Waals surface area (Å²) in [6, 6.07) is 1.99. The molecule has 0 spiro atoms. The molecule has 1 aromatic rings. The van der Waals surface area contributed by atoms with Crippen molar-refractivity contribution >= 4 is 30.0 Å². The molecule has 0 amide bonds. The van der Waals surface area contributed by atoms with Crippen LogP contribution in [0.1, 0.15) is 12.1 Å². The van der Waals surface area contributed by atoms with Crippen molar-refractivity contribution in [2.24, 2.45) is 5.73 Å². The monoisotopic (exact) mass is 248 g/mol. The number of nitrogens with zero attached hydrogens (tertiary/aromatic N) is 3. The minimum atomic E-state index is 0. The van der Waals surface area contributed by atoms with Gasteiger partial charge in [-0.05, 0) is 19.4 Å². The molecule has 1 aliphatic heterocycles. The van der Waals surface area contributed by atoms with Gasteiger partial charge in [-0.25, -0.2) is 9.97 Å². The predicted octanol–water partition coefficient (Wildman–Crippen LogP) is 1.40. The summed E-state index contributed by atoms with van der Waals surface area (Å²) in [5.74, 6) is 0.697. The first-order chi connectivity index (χ1) is 6.65. The van der Waals surface area contributed by atoms with Crippen LogP contribution >= 0.6 is 24.0 Å². The average Bonchev–Trinajstić information content (AvgIpc) is 2.50. The SMILES string of the molecule is Cc1cc(Cl)nc(N2CC[C@@H](N)C2)n1.Cl. The zero-order valence-corrected chi connectivity index (χ0v) is 10.1. The molecule has 1 saturated heterocycles. The summed E-state index contributed by atoms with van der Waals surface area (Å²) in [5.41, 5.74) is 6.70. The molecule has 0 saturated carbocycles. The van der Waals surface area contributed by atoms with E-state index in [0.717, 1.165) is 25.2 Å². The summed E-state index contributed by atoms with van der Waals surface area (Å²) in [4.78, 5) is 10.6. The van der Waals surface area contributed by atoms with Crippen molar-refractivity contribution in [3.05, 3.63) is 16.9 Å². The van der Waals surface area contributed by atoms with Gasteiger partial charge in [0.1, 0.15) is 5.15 Å². The second-order valence-electron chi connectivity index (χ2n) is 3.63. The maximum Gasteiger partial charge on any atom is 0.227 e. The minimum Gasteiger partial charge on any atom is -0.339 e. The number of aromatic nitrogens is 2. The predicted molar refractivity (Wildman–Crippen MR) is 63.8 cm³/mol. The highest BCUT2D eigenvalue weighted by atomic mass is 35.5. The van der Waals surface area contributed by atoms with Crippen molar-refractivity contribution in [3.63, 3.8) is 0 Å². The van der Waals surface area contributed by atoms with Gasteiger partial charge in [-0.15, -0.1) is 12.4 Å². The molecule has 2 rings (SSSR count). The van der Waals surface area contributed by atoms with Crippen LogP contribution in [-0.4, -0.2) is 29.1 Å². The zero-order chi connectivity index (χ0) is 10.1. The van der Waals surface area contributed by atoms with E-state index in [-0.39, 0.29) is 18.4 Å². The van der Waals surface area contributed by atoms with E-state index in [1.807, 2.05) is 6.92 Å². The highest BCUT2D eigenvalue weighted by Gasteiger charge is 2.21. The lowest BCUT2D eigenvalue weighted by molar-refractivity contribution is 0.750. The van der Waals surface area contributed by atoms with Crippen molar-refractivity contribution in [2.75, 3.05) is 18.0 Å². The van der Waals surface area contributed by atoms with Crippen molar-refractivity contribution in [3.8, 4) is 0 Å². The molecule has 4 nitrogen and oxygen atoms in total. The van der Waals surface area contributed by atoms with Gasteiger partial charge in [0.2, 0.25) is 5.95 Å². The normalized spacial score (nSPS) is 20.2. The van der Waals surface area contributed by atoms with Crippen molar-refractivity contribution < 1.29 is 0 Å². The molecule has 1 aromatic heterocycles. The Kier molecular flexibility index (Phi) is 4.13. The van der Waals surface area contributed by atoms with Gasteiger partial charge in [-0.3, -0.25) is 0 Å². The fraction of sp³-hybridized carbons (Fsp3) is 0.556. The van der Waals surface area contributed by atoms with Gasteiger partial charge < -0.3 is 10.6 Å². The standard InChI is InChI=1S/C9H13ClN4.ClH/c1-6-4-8(10)13-9(12-6)14-3-2-7(11)5-14;/h4,7H,2-3,5,11H2,1H3;1H/t7-;/m1./s1. The molecule has 2 heterocycles. The van der Waals surface area contributed by atoms with Crippen LogP contribution in [0.2, 0.25) is 5.15 Å². The quantitative estimate of drug-likeness (QED) is 0.764. The third-order valence-electron chi connectivity index (χ3n) is 2.32. The second-order valence-corrected chi connectivity index (χ2v) is 4.01. The summed E-state index contributed by atoms with van der Waals surface area (Å²) in [5, 5.41) is 0.493. The van der Waals surface area contributed by atoms with Crippen LogP contribution in [0.5, 0.6) is 0 Å². The van der Waals surface area contributed by atoms with Crippen molar-refractivity contribution in [1.29, 1.82) is 0 Å². The first-order valence-corrected chi connectivity index (χ1v) is 5.04. The molecule has 1 fully saturated rings. The Morgan fingerprint density at radius 1 is 1.53 bits per heavy atom. The summed E-state index contributed by atoms with van der Waals surface area (Å²) < 4.78 is 0. The van der Waals surface area contributed by atoms with Crippen LogP contribution in [0.25, 0.3) is 0 Å². The van der Waals surface area contributed by atoms with Gasteiger partial charge in [-0.2, -0.15) is 0 Å². The van der Waals surface area contributed by atoms with E-state index in [1.54, 1.807) is 6.07 Å². The molecule has 84 valence electrons. The Balaban J connectivity index is 0.00000112. The van der Waals surface area contributed by atoms with Crippen LogP contribution in [0, 0.1) is 6.92 Å². The van der Waals surface area contributed by atoms with E-state index in [4.69, 9.17) is 17.3 Å². The number of hydrogen-bond donors (Lipinski definition) is 1. The first-order valence-electron chi connectivity index (χ1n) is 4.67. The number of nitrogens with two attached hydrogens (primary N) is 1. The Morgan fingerprint density at radius 3 is 2.80 bits per heavy atom. The van der Waals surface area contributed by atoms with E-state index in [9.17, 15) is 0 Å². The van der Waals surface area contributed by atoms with Crippen LogP contribution in [-0.2, 0) is 0 Å². The largest absolute Gasteiger partial charge is 0.339 e. The maximum atomic E-state index is 5.86. The van der Waals surface area contributed by atoms with Gasteiger partial charge in [0.15, 0.2) is 0 Å². The van der Waals surface area contributed by atoms with Gasteiger partial charge in [0.25, 0.3) is 0 Å². The number of hydrogen-bond acceptors (Lipinski definition) is 4. The fourth-order valence-electron chi connectivity index (χ4n) is 1.63. The summed E-state index contributed by atoms with van der Waals surface area (Å²) in [7, 11) is 0. The van der Waals surface area contributed by atoms with Gasteiger partial charge >= 0.3 is 0 Å². The van der Waals surface area contributed by atoms with Crippen molar-refractivity contribution in [2.45, 2.75) is 19.4 Å². The lowest BCUT2D eigenvalue weighted by atomic mass is 10.3. The molecule has 1 atom stereocenters. The lowest BCUT2D eigenvalue weighted by Gasteiger charge is -2.15. The summed E-state index contributed by atoms with van der Waals surface area (Å²) in [6.45, 7) is 3.65. The van der Waals surface area contributed by atoms with Crippen LogP contribution < -0.4 is 10.6 Å². The summed E-state index contributed by atoms with van der Waals surface area (Å²) in [6.07, 6.45) is 0.995. The molecule has 6 heteroatoms. The molecule has 0 unspecified atom stereocenters. The van der Waals surface area contributed by atoms with E-state index < -0.39 is 0 Å². The number of rotatable bonds is 1. The Morgan fingerprint density at radius 2 is 2.27 bits per heavy atom. The number of aryl methyl sites for hydroxylation is 1. The molecule has 1 aliphatic rings. The molecule has 15 heavy (non-hydrogen) atoms. The minimum absolute atomic E-state index is 0. The Bertz CT molecular complexity index is 325. The molecule has 2 N–H and O–H groups in total. The molecular formula is C9H14Cl2N4. The van der Waals surface area contributed by atoms with Gasteiger partial charge in [0, 0.05) is 24.8 Å². The van der Waals surface area contributed by atoms with Crippen LogP contribution in [0.15, 0.2) is 6.07 Å². The molecule has 0 radical (unpaired) electrons. The van der Waals surface area contributed by atoms with E-state index in [0.29, 0.717) is 11.1 Å². The first kappa shape index (κ1) is 12.5. The topological polar surface area (TPSA) is 55.0 Å². The number of halogens is 2. The van der Waals surface area contributed by atoms with E-state index in [1.165, 1.54) is 0 Å². The van der Waals surface area contributed by atoms with Gasteiger partial charge in [0.05, 0.1) is 0 Å². The third kappa shape index (κ3) is 2.93. The highest BCUT2D eigenvalue weighted by molar-refractivity contribution is 6.29. The van der Waals surface area contributed by atoms with Crippen LogP contribution in [0.4, 0.5) is 5.95 Å². The van der Waals surface area contributed by atoms with Crippen molar-refractivity contribution in [1.82, 2.24) is 9.97 Å². The third-order valence-corrected chi connectivity index (χ3v) is 2.51. The number of anilines is 1. The molecule has 0 bridgehead atoms. The average molecular weight is 249 g/mol. The van der Waals surface area contributed by atoms with Gasteiger partial charge in [-0.1, -0.05) is 11.6 Å². The molecule has 0 aliphatic carbocycles. The smallest absolute Gasteiger partial charge is 0.227 e. The molecule has 0 aromatic carbocycles. The zero-order valence-electron chi connectivity index (χ0n) is 8.48. The van der Waals surface area contributed by atoms with Crippen LogP contribution in [0.3, 0.4) is 0 Å². The van der Waals surface area contributed by atoms with E-state index in [2.05, 4.69) is 14.9 Å². The maximum absolute atomic E-state index is 5.86. The van der Waals surface area contributed by atoms with E-state index >= 15 is 0 Å². The Labute approximate surface area is 100 Å².